The molecule has 35 heavy (non-hydrogen) atoms. The van der Waals surface area contributed by atoms with Crippen LogP contribution >= 0.6 is 24.0 Å². The number of benzene rings is 1. The van der Waals surface area contributed by atoms with Crippen molar-refractivity contribution in [3.05, 3.63) is 28.7 Å². The highest BCUT2D eigenvalue weighted by molar-refractivity contribution is 8.26. The van der Waals surface area contributed by atoms with E-state index >= 15 is 0 Å². The molecule has 2 atom stereocenters. The van der Waals surface area contributed by atoms with Crippen molar-refractivity contribution in [3.8, 4) is 11.5 Å². The van der Waals surface area contributed by atoms with E-state index in [0.717, 1.165) is 30.2 Å². The topological polar surface area (TPSA) is 76.1 Å². The molecule has 6 nitrogen and oxygen atoms in total. The van der Waals surface area contributed by atoms with Gasteiger partial charge in [-0.05, 0) is 62.8 Å². The summed E-state index contributed by atoms with van der Waals surface area (Å²) in [5.41, 5.74) is 0.768. The maximum atomic E-state index is 13.1. The first-order chi connectivity index (χ1) is 16.7. The van der Waals surface area contributed by atoms with E-state index in [0.29, 0.717) is 29.4 Å². The van der Waals surface area contributed by atoms with Gasteiger partial charge in [-0.25, -0.2) is 4.79 Å². The van der Waals surface area contributed by atoms with Gasteiger partial charge in [-0.3, -0.25) is 9.69 Å². The van der Waals surface area contributed by atoms with Crippen LogP contribution in [0.4, 0.5) is 0 Å². The minimum absolute atomic E-state index is 0.0758. The van der Waals surface area contributed by atoms with Gasteiger partial charge in [0.2, 0.25) is 0 Å². The summed E-state index contributed by atoms with van der Waals surface area (Å²) in [4.78, 5) is 26.5. The van der Waals surface area contributed by atoms with Gasteiger partial charge in [0.15, 0.2) is 11.5 Å². The number of thiocarbonyl (C=S) groups is 1. The van der Waals surface area contributed by atoms with Gasteiger partial charge in [0, 0.05) is 0 Å². The molecule has 0 spiro atoms. The van der Waals surface area contributed by atoms with E-state index in [1.807, 2.05) is 39.0 Å². The van der Waals surface area contributed by atoms with Crippen molar-refractivity contribution in [3.63, 3.8) is 0 Å². The van der Waals surface area contributed by atoms with E-state index < -0.39 is 12.0 Å². The molecule has 2 rings (SSSR count). The molecule has 1 amide bonds. The zero-order valence-corrected chi connectivity index (χ0v) is 23.2. The molecule has 1 aromatic carbocycles. The summed E-state index contributed by atoms with van der Waals surface area (Å²) in [6.45, 7) is 10.5. The molecule has 1 fully saturated rings. The molecule has 0 aromatic heterocycles. The number of nitrogens with zero attached hydrogens (tertiary/aromatic N) is 1. The molecule has 1 aliphatic heterocycles. The molecule has 8 heteroatoms. The second-order valence-corrected chi connectivity index (χ2v) is 11.0. The predicted molar refractivity (Wildman–Crippen MR) is 147 cm³/mol. The van der Waals surface area contributed by atoms with Crippen LogP contribution in [0.5, 0.6) is 11.5 Å². The van der Waals surface area contributed by atoms with E-state index in [2.05, 4.69) is 13.8 Å². The first-order valence-corrected chi connectivity index (χ1v) is 13.8. The Morgan fingerprint density at radius 1 is 1.14 bits per heavy atom. The van der Waals surface area contributed by atoms with E-state index in [4.69, 9.17) is 21.7 Å². The second kappa shape index (κ2) is 14.5. The number of carbonyl (C=O) groups is 2. The lowest BCUT2D eigenvalue weighted by Crippen LogP contribution is -2.44. The summed E-state index contributed by atoms with van der Waals surface area (Å²) in [6, 6.07) is 4.62. The first-order valence-electron chi connectivity index (χ1n) is 12.6. The third-order valence-electron chi connectivity index (χ3n) is 5.72. The summed E-state index contributed by atoms with van der Waals surface area (Å²) >= 11 is 6.50. The maximum Gasteiger partial charge on any atom is 0.326 e. The number of carboxylic acid groups (broad SMARTS) is 1. The molecule has 1 heterocycles. The Morgan fingerprint density at radius 2 is 1.86 bits per heavy atom. The van der Waals surface area contributed by atoms with E-state index in [1.165, 1.54) is 30.6 Å². The lowest BCUT2D eigenvalue weighted by atomic mass is 10.0. The van der Waals surface area contributed by atoms with Gasteiger partial charge in [0.25, 0.3) is 5.91 Å². The van der Waals surface area contributed by atoms with E-state index in [9.17, 15) is 14.7 Å². The van der Waals surface area contributed by atoms with Crippen molar-refractivity contribution < 1.29 is 24.2 Å². The molecule has 194 valence electrons. The Labute approximate surface area is 219 Å². The Balaban J connectivity index is 2.15. The number of amides is 1. The van der Waals surface area contributed by atoms with Gasteiger partial charge in [-0.2, -0.15) is 0 Å². The van der Waals surface area contributed by atoms with Crippen LogP contribution in [-0.4, -0.2) is 45.0 Å². The van der Waals surface area contributed by atoms with Gasteiger partial charge in [0.05, 0.1) is 17.6 Å². The van der Waals surface area contributed by atoms with Crippen molar-refractivity contribution in [2.75, 3.05) is 6.61 Å². The number of hydrogen-bond donors (Lipinski definition) is 1. The number of thioether (sulfide) groups is 1. The molecule has 0 radical (unpaired) electrons. The van der Waals surface area contributed by atoms with Gasteiger partial charge >= 0.3 is 5.97 Å². The van der Waals surface area contributed by atoms with Crippen LogP contribution in [0.25, 0.3) is 6.08 Å². The van der Waals surface area contributed by atoms with Crippen LogP contribution in [-0.2, 0) is 9.59 Å². The molecular formula is C27H39NO5S2. The molecule has 0 aliphatic carbocycles. The van der Waals surface area contributed by atoms with Crippen LogP contribution in [0.15, 0.2) is 23.1 Å². The first kappa shape index (κ1) is 29.2. The number of carbonyl (C=O) groups excluding carboxylic acids is 1. The normalized spacial score (nSPS) is 16.7. The molecule has 0 saturated carbocycles. The summed E-state index contributed by atoms with van der Waals surface area (Å²) in [5.74, 6) is 0.00178. The highest BCUT2D eigenvalue weighted by Crippen LogP contribution is 2.37. The predicted octanol–water partition coefficient (Wildman–Crippen LogP) is 6.91. The van der Waals surface area contributed by atoms with Crippen molar-refractivity contribution in [2.24, 2.45) is 5.92 Å². The van der Waals surface area contributed by atoms with Crippen molar-refractivity contribution in [1.82, 2.24) is 4.90 Å². The zero-order chi connectivity index (χ0) is 26.0. The Hall–Kier alpha value is -2.06. The highest BCUT2D eigenvalue weighted by Gasteiger charge is 2.40. The van der Waals surface area contributed by atoms with Crippen molar-refractivity contribution in [2.45, 2.75) is 91.7 Å². The molecule has 1 aromatic rings. The smallest absolute Gasteiger partial charge is 0.326 e. The minimum Gasteiger partial charge on any atom is -0.490 e. The van der Waals surface area contributed by atoms with Gasteiger partial charge in [-0.15, -0.1) is 0 Å². The number of unbranched alkanes of at least 4 members (excludes halogenated alkanes) is 4. The summed E-state index contributed by atoms with van der Waals surface area (Å²) < 4.78 is 12.3. The summed E-state index contributed by atoms with van der Waals surface area (Å²) in [7, 11) is 0. The molecule has 1 N–H and O–H groups in total. The van der Waals surface area contributed by atoms with Crippen LogP contribution < -0.4 is 9.47 Å². The second-order valence-electron chi connectivity index (χ2n) is 9.31. The zero-order valence-electron chi connectivity index (χ0n) is 21.5. The number of aliphatic carboxylic acids is 1. The number of carboxylic acids is 1. The number of ether oxygens (including phenoxy) is 2. The fourth-order valence-corrected chi connectivity index (χ4v) is 5.31. The molecule has 0 bridgehead atoms. The molecular weight excluding hydrogens is 482 g/mol. The van der Waals surface area contributed by atoms with Crippen LogP contribution in [0, 0.1) is 5.92 Å². The van der Waals surface area contributed by atoms with Gasteiger partial charge in [-0.1, -0.05) is 76.5 Å². The van der Waals surface area contributed by atoms with Gasteiger partial charge in [0.1, 0.15) is 10.4 Å². The van der Waals surface area contributed by atoms with E-state index in [1.54, 1.807) is 6.08 Å². The van der Waals surface area contributed by atoms with E-state index in [-0.39, 0.29) is 22.2 Å². The van der Waals surface area contributed by atoms with Gasteiger partial charge < -0.3 is 14.6 Å². The Morgan fingerprint density at radius 3 is 2.49 bits per heavy atom. The standard InChI is InChI=1S/C27H39NO5S2/c1-6-8-9-10-11-12-19(5)33-22-14-13-20(16-23(22)32-7-2)17-24-25(29)28(27(34)35-24)21(26(30)31)15-18(3)4/h13-14,16-19,21H,6-12,15H2,1-5H3,(H,30,31)/b24-17+/t19-,21+/m1/s1. The average Bonchev–Trinajstić information content (AvgIpc) is 3.06. The number of hydrogen-bond acceptors (Lipinski definition) is 6. The fourth-order valence-electron chi connectivity index (χ4n) is 3.95. The number of rotatable bonds is 15. The third kappa shape index (κ3) is 8.83. The third-order valence-corrected chi connectivity index (χ3v) is 7.05. The monoisotopic (exact) mass is 521 g/mol. The lowest BCUT2D eigenvalue weighted by molar-refractivity contribution is -0.145. The highest BCUT2D eigenvalue weighted by atomic mass is 32.2. The Bertz CT molecular complexity index is 915. The molecule has 1 aliphatic rings. The summed E-state index contributed by atoms with van der Waals surface area (Å²) in [6.07, 6.45) is 9.27. The molecule has 0 unspecified atom stereocenters. The van der Waals surface area contributed by atoms with Crippen LogP contribution in [0.2, 0.25) is 0 Å². The van der Waals surface area contributed by atoms with Crippen molar-refractivity contribution >= 4 is 46.3 Å². The quantitative estimate of drug-likeness (QED) is 0.153. The largest absolute Gasteiger partial charge is 0.490 e. The van der Waals surface area contributed by atoms with Crippen LogP contribution in [0.1, 0.15) is 85.1 Å². The average molecular weight is 522 g/mol. The minimum atomic E-state index is -1.05. The Kier molecular flexibility index (Phi) is 12.1. The van der Waals surface area contributed by atoms with Crippen molar-refractivity contribution in [1.29, 1.82) is 0 Å². The fraction of sp³-hybridized carbons (Fsp3) is 0.593. The SMILES string of the molecule is CCCCCCC[C@@H](C)Oc1ccc(/C=C2/SC(=S)N([C@@H](CC(C)C)C(=O)O)C2=O)cc1OCC. The molecule has 1 saturated heterocycles. The van der Waals surface area contributed by atoms with Crippen LogP contribution in [0.3, 0.4) is 0 Å². The lowest BCUT2D eigenvalue weighted by Gasteiger charge is -2.24. The maximum absolute atomic E-state index is 13.1. The summed E-state index contributed by atoms with van der Waals surface area (Å²) in [5, 5.41) is 9.67.